The van der Waals surface area contributed by atoms with Crippen molar-refractivity contribution in [2.45, 2.75) is 19.5 Å². The highest BCUT2D eigenvalue weighted by Crippen LogP contribution is 2.16. The fraction of sp³-hybridized carbons (Fsp3) is 0.333. The predicted molar refractivity (Wildman–Crippen MR) is 52.5 cm³/mol. The molecule has 0 aliphatic heterocycles. The molecule has 1 unspecified atom stereocenters. The van der Waals surface area contributed by atoms with Crippen molar-refractivity contribution in [1.82, 2.24) is 19.7 Å². The standard InChI is InChI=1S/C9H13N5/c1-2-14-4-3-11-9(14)8(10)7-5-12-13-6-7/h3-6,8H,2,10H2,1H3,(H,12,13). The van der Waals surface area contributed by atoms with Crippen LogP contribution in [0.4, 0.5) is 0 Å². The molecule has 2 aromatic heterocycles. The number of nitrogens with two attached hydrogens (primary N) is 1. The minimum Gasteiger partial charge on any atom is -0.334 e. The highest BCUT2D eigenvalue weighted by atomic mass is 15.1. The Kier molecular flexibility index (Phi) is 2.32. The molecule has 0 fully saturated rings. The van der Waals surface area contributed by atoms with Gasteiger partial charge in [0, 0.05) is 30.7 Å². The van der Waals surface area contributed by atoms with Gasteiger partial charge < -0.3 is 10.3 Å². The summed E-state index contributed by atoms with van der Waals surface area (Å²) in [4.78, 5) is 4.24. The molecule has 0 amide bonds. The van der Waals surface area contributed by atoms with E-state index >= 15 is 0 Å². The number of imidazole rings is 1. The minimum absolute atomic E-state index is 0.205. The molecule has 0 saturated carbocycles. The van der Waals surface area contributed by atoms with Gasteiger partial charge in [0.25, 0.3) is 0 Å². The number of aromatic amines is 1. The second kappa shape index (κ2) is 3.63. The van der Waals surface area contributed by atoms with Gasteiger partial charge in [-0.1, -0.05) is 0 Å². The summed E-state index contributed by atoms with van der Waals surface area (Å²) >= 11 is 0. The molecule has 0 spiro atoms. The van der Waals surface area contributed by atoms with E-state index < -0.39 is 0 Å². The van der Waals surface area contributed by atoms with Gasteiger partial charge >= 0.3 is 0 Å². The molecule has 74 valence electrons. The van der Waals surface area contributed by atoms with Crippen molar-refractivity contribution < 1.29 is 0 Å². The van der Waals surface area contributed by atoms with E-state index in [1.54, 1.807) is 18.6 Å². The number of nitrogens with zero attached hydrogens (tertiary/aromatic N) is 3. The Bertz CT molecular complexity index is 389. The van der Waals surface area contributed by atoms with Gasteiger partial charge in [0.05, 0.1) is 12.2 Å². The van der Waals surface area contributed by atoms with Gasteiger partial charge in [-0.25, -0.2) is 4.98 Å². The lowest BCUT2D eigenvalue weighted by molar-refractivity contribution is 0.657. The van der Waals surface area contributed by atoms with Gasteiger partial charge in [-0.3, -0.25) is 5.10 Å². The number of aromatic nitrogens is 4. The van der Waals surface area contributed by atoms with Crippen molar-refractivity contribution in [3.63, 3.8) is 0 Å². The van der Waals surface area contributed by atoms with E-state index in [1.807, 2.05) is 10.8 Å². The zero-order valence-corrected chi connectivity index (χ0v) is 8.01. The van der Waals surface area contributed by atoms with Crippen LogP contribution in [0.25, 0.3) is 0 Å². The summed E-state index contributed by atoms with van der Waals surface area (Å²) in [5, 5.41) is 6.61. The number of nitrogens with one attached hydrogen (secondary N) is 1. The minimum atomic E-state index is -0.205. The highest BCUT2D eigenvalue weighted by molar-refractivity contribution is 5.18. The third kappa shape index (κ3) is 1.42. The molecule has 2 aromatic rings. The molecule has 0 aromatic carbocycles. The third-order valence-corrected chi connectivity index (χ3v) is 2.25. The third-order valence-electron chi connectivity index (χ3n) is 2.25. The number of H-pyrrole nitrogens is 1. The van der Waals surface area contributed by atoms with Gasteiger partial charge in [-0.15, -0.1) is 0 Å². The zero-order chi connectivity index (χ0) is 9.97. The molecule has 5 heteroatoms. The first-order valence-corrected chi connectivity index (χ1v) is 4.58. The second-order valence-corrected chi connectivity index (χ2v) is 3.08. The highest BCUT2D eigenvalue weighted by Gasteiger charge is 2.14. The number of hydrogen-bond acceptors (Lipinski definition) is 3. The summed E-state index contributed by atoms with van der Waals surface area (Å²) in [5.74, 6) is 0.869. The van der Waals surface area contributed by atoms with Crippen LogP contribution in [0.1, 0.15) is 24.4 Å². The van der Waals surface area contributed by atoms with Crippen LogP contribution in [0.5, 0.6) is 0 Å². The van der Waals surface area contributed by atoms with Crippen molar-refractivity contribution in [1.29, 1.82) is 0 Å². The van der Waals surface area contributed by atoms with Crippen LogP contribution in [-0.4, -0.2) is 19.7 Å². The van der Waals surface area contributed by atoms with Crippen molar-refractivity contribution in [3.05, 3.63) is 36.2 Å². The fourth-order valence-corrected chi connectivity index (χ4v) is 1.45. The average Bonchev–Trinajstić information content (AvgIpc) is 2.87. The summed E-state index contributed by atoms with van der Waals surface area (Å²) in [5.41, 5.74) is 6.99. The normalized spacial score (nSPS) is 13.0. The van der Waals surface area contributed by atoms with Gasteiger partial charge in [0.1, 0.15) is 5.82 Å². The SMILES string of the molecule is CCn1ccnc1C(N)c1cn[nH]c1. The first-order chi connectivity index (χ1) is 6.83. The Morgan fingerprint density at radius 1 is 1.64 bits per heavy atom. The molecule has 0 saturated heterocycles. The van der Waals surface area contributed by atoms with Crippen LogP contribution in [0.2, 0.25) is 0 Å². The molecule has 2 heterocycles. The van der Waals surface area contributed by atoms with E-state index in [0.29, 0.717) is 0 Å². The molecule has 2 rings (SSSR count). The number of rotatable bonds is 3. The van der Waals surface area contributed by atoms with Crippen LogP contribution in [0.15, 0.2) is 24.8 Å². The molecule has 14 heavy (non-hydrogen) atoms. The maximum absolute atomic E-state index is 6.04. The lowest BCUT2D eigenvalue weighted by Gasteiger charge is -2.10. The maximum atomic E-state index is 6.04. The van der Waals surface area contributed by atoms with Crippen LogP contribution in [0, 0.1) is 0 Å². The summed E-state index contributed by atoms with van der Waals surface area (Å²) < 4.78 is 2.03. The molecular weight excluding hydrogens is 178 g/mol. The zero-order valence-electron chi connectivity index (χ0n) is 8.01. The van der Waals surface area contributed by atoms with E-state index in [-0.39, 0.29) is 6.04 Å². The van der Waals surface area contributed by atoms with E-state index in [1.165, 1.54) is 0 Å². The van der Waals surface area contributed by atoms with E-state index in [0.717, 1.165) is 17.9 Å². The lowest BCUT2D eigenvalue weighted by atomic mass is 10.1. The van der Waals surface area contributed by atoms with E-state index in [9.17, 15) is 0 Å². The van der Waals surface area contributed by atoms with E-state index in [2.05, 4.69) is 22.1 Å². The summed E-state index contributed by atoms with van der Waals surface area (Å²) in [6, 6.07) is -0.205. The van der Waals surface area contributed by atoms with Crippen molar-refractivity contribution in [2.75, 3.05) is 0 Å². The van der Waals surface area contributed by atoms with Crippen molar-refractivity contribution in [3.8, 4) is 0 Å². The summed E-state index contributed by atoms with van der Waals surface area (Å²) in [6.07, 6.45) is 7.20. The van der Waals surface area contributed by atoms with Gasteiger partial charge in [0.2, 0.25) is 0 Å². The Labute approximate surface area is 82.0 Å². The molecular formula is C9H13N5. The molecule has 3 N–H and O–H groups in total. The molecule has 0 aliphatic carbocycles. The number of hydrogen-bond donors (Lipinski definition) is 2. The molecule has 0 radical (unpaired) electrons. The fourth-order valence-electron chi connectivity index (χ4n) is 1.45. The smallest absolute Gasteiger partial charge is 0.130 e. The summed E-state index contributed by atoms with van der Waals surface area (Å²) in [6.45, 7) is 2.94. The van der Waals surface area contributed by atoms with Gasteiger partial charge in [-0.05, 0) is 6.92 Å². The van der Waals surface area contributed by atoms with Gasteiger partial charge in [0.15, 0.2) is 0 Å². The quantitative estimate of drug-likeness (QED) is 0.749. The van der Waals surface area contributed by atoms with Crippen LogP contribution < -0.4 is 5.73 Å². The lowest BCUT2D eigenvalue weighted by Crippen LogP contribution is -2.16. The second-order valence-electron chi connectivity index (χ2n) is 3.08. The maximum Gasteiger partial charge on any atom is 0.130 e. The first kappa shape index (κ1) is 8.96. The molecule has 1 atom stereocenters. The topological polar surface area (TPSA) is 72.5 Å². The Hall–Kier alpha value is -1.62. The Morgan fingerprint density at radius 2 is 2.50 bits per heavy atom. The first-order valence-electron chi connectivity index (χ1n) is 4.58. The Morgan fingerprint density at radius 3 is 3.14 bits per heavy atom. The van der Waals surface area contributed by atoms with Crippen molar-refractivity contribution >= 4 is 0 Å². The largest absolute Gasteiger partial charge is 0.334 e. The summed E-state index contributed by atoms with van der Waals surface area (Å²) in [7, 11) is 0. The average molecular weight is 191 g/mol. The van der Waals surface area contributed by atoms with Crippen molar-refractivity contribution in [2.24, 2.45) is 5.73 Å². The molecule has 5 nitrogen and oxygen atoms in total. The van der Waals surface area contributed by atoms with Crippen LogP contribution in [0.3, 0.4) is 0 Å². The molecule has 0 bridgehead atoms. The van der Waals surface area contributed by atoms with Crippen LogP contribution in [-0.2, 0) is 6.54 Å². The van der Waals surface area contributed by atoms with Gasteiger partial charge in [-0.2, -0.15) is 5.10 Å². The van der Waals surface area contributed by atoms with E-state index in [4.69, 9.17) is 5.73 Å². The predicted octanol–water partition coefficient (Wildman–Crippen LogP) is 0.674. The number of aryl methyl sites for hydroxylation is 1. The monoisotopic (exact) mass is 191 g/mol. The van der Waals surface area contributed by atoms with Crippen LogP contribution >= 0.6 is 0 Å². The Balaban J connectivity index is 2.31. The molecule has 0 aliphatic rings.